The number of ether oxygens (including phenoxy) is 1. The van der Waals surface area contributed by atoms with Crippen LogP contribution in [0.1, 0.15) is 34.1 Å². The van der Waals surface area contributed by atoms with E-state index in [4.69, 9.17) is 4.74 Å². The Bertz CT molecular complexity index is 183. The van der Waals surface area contributed by atoms with Crippen LogP contribution in [0.2, 0.25) is 0 Å². The minimum Gasteiger partial charge on any atom is -0.476 e. The molecule has 0 unspecified atom stereocenters. The van der Waals surface area contributed by atoms with Crippen LogP contribution in [-0.4, -0.2) is 21.7 Å². The lowest BCUT2D eigenvalue weighted by atomic mass is 9.83. The summed E-state index contributed by atoms with van der Waals surface area (Å²) in [5.41, 5.74) is -0.768. The second-order valence-electron chi connectivity index (χ2n) is 4.79. The second kappa shape index (κ2) is 4.62. The lowest BCUT2D eigenvalue weighted by Crippen LogP contribution is -2.35. The third kappa shape index (κ3) is 8.53. The molecule has 13 heavy (non-hydrogen) atoms. The van der Waals surface area contributed by atoms with Gasteiger partial charge >= 0.3 is 0 Å². The molecule has 0 saturated heterocycles. The number of hydrogen-bond donors (Lipinski definition) is 2. The van der Waals surface area contributed by atoms with Gasteiger partial charge < -0.3 is 9.84 Å². The Morgan fingerprint density at radius 2 is 1.85 bits per heavy atom. The Hall–Kier alpha value is 0.200. The van der Waals surface area contributed by atoms with Gasteiger partial charge in [0.25, 0.3) is 0 Å². The summed E-state index contributed by atoms with van der Waals surface area (Å²) < 4.78 is 5.17. The summed E-state index contributed by atoms with van der Waals surface area (Å²) >= 11 is 8.46. The van der Waals surface area contributed by atoms with Crippen molar-refractivity contribution in [3.8, 4) is 0 Å². The highest BCUT2D eigenvalue weighted by Gasteiger charge is 2.28. The van der Waals surface area contributed by atoms with Gasteiger partial charge in [0.15, 0.2) is 0 Å². The number of thiol groups is 1. The van der Waals surface area contributed by atoms with E-state index < -0.39 is 5.60 Å². The Morgan fingerprint density at radius 3 is 2.15 bits per heavy atom. The van der Waals surface area contributed by atoms with Crippen molar-refractivity contribution in [1.82, 2.24) is 0 Å². The Morgan fingerprint density at radius 1 is 1.38 bits per heavy atom. The molecule has 0 aromatic rings. The molecule has 0 aliphatic rings. The molecule has 0 aromatic heterocycles. The Balaban J connectivity index is 4.01. The molecule has 0 fully saturated rings. The van der Waals surface area contributed by atoms with E-state index in [0.717, 1.165) is 0 Å². The topological polar surface area (TPSA) is 29.5 Å². The van der Waals surface area contributed by atoms with Crippen molar-refractivity contribution >= 4 is 29.2 Å². The zero-order chi connectivity index (χ0) is 10.7. The molecule has 0 aromatic carbocycles. The highest BCUT2D eigenvalue weighted by molar-refractivity contribution is 8.10. The predicted molar refractivity (Wildman–Crippen MR) is 62.2 cm³/mol. The monoisotopic (exact) mass is 222 g/mol. The fourth-order valence-corrected chi connectivity index (χ4v) is 1.53. The summed E-state index contributed by atoms with van der Waals surface area (Å²) in [6, 6.07) is 0. The molecule has 0 spiro atoms. The van der Waals surface area contributed by atoms with Crippen molar-refractivity contribution in [2.45, 2.75) is 39.7 Å². The number of aliphatic hydroxyl groups is 1. The highest BCUT2D eigenvalue weighted by Crippen LogP contribution is 2.27. The smallest absolute Gasteiger partial charge is 0.216 e. The number of rotatable bonds is 3. The van der Waals surface area contributed by atoms with Crippen LogP contribution >= 0.6 is 24.8 Å². The van der Waals surface area contributed by atoms with Crippen molar-refractivity contribution in [2.75, 3.05) is 6.61 Å². The lowest BCUT2D eigenvalue weighted by molar-refractivity contribution is -0.0213. The summed E-state index contributed by atoms with van der Waals surface area (Å²) in [5, 5.41) is 9.88. The van der Waals surface area contributed by atoms with Crippen LogP contribution in [0, 0.1) is 5.41 Å². The van der Waals surface area contributed by atoms with Crippen LogP contribution in [-0.2, 0) is 4.74 Å². The van der Waals surface area contributed by atoms with E-state index in [0.29, 0.717) is 6.42 Å². The fraction of sp³-hybridized carbons (Fsp3) is 0.889. The predicted octanol–water partition coefficient (Wildman–Crippen LogP) is 2.40. The Kier molecular flexibility index (Phi) is 4.69. The largest absolute Gasteiger partial charge is 0.476 e. The molecule has 0 saturated carbocycles. The molecule has 0 amide bonds. The van der Waals surface area contributed by atoms with Gasteiger partial charge in [-0.3, -0.25) is 0 Å². The van der Waals surface area contributed by atoms with E-state index >= 15 is 0 Å². The first kappa shape index (κ1) is 13.2. The van der Waals surface area contributed by atoms with Crippen molar-refractivity contribution < 1.29 is 9.84 Å². The molecule has 78 valence electrons. The third-order valence-electron chi connectivity index (χ3n) is 1.42. The first-order valence-corrected chi connectivity index (χ1v) is 5.06. The summed E-state index contributed by atoms with van der Waals surface area (Å²) in [4.78, 5) is 0. The lowest BCUT2D eigenvalue weighted by Gasteiger charge is -2.30. The second-order valence-corrected chi connectivity index (χ2v) is 5.87. The average Bonchev–Trinajstić information content (AvgIpc) is 1.78. The van der Waals surface area contributed by atoms with E-state index in [-0.39, 0.29) is 16.4 Å². The standard InChI is InChI=1S/C9H18O2S2/c1-8(2,3)5-9(4,10)6-11-7(12)13/h10H,5-6H2,1-4H3,(H,12,13)/t9-/m0/s1. The molecular weight excluding hydrogens is 204 g/mol. The van der Waals surface area contributed by atoms with E-state index in [9.17, 15) is 5.11 Å². The summed E-state index contributed by atoms with van der Waals surface area (Å²) in [5.74, 6) is 0. The molecule has 1 N–H and O–H groups in total. The molecule has 0 aliphatic carbocycles. The molecule has 1 atom stereocenters. The van der Waals surface area contributed by atoms with Crippen LogP contribution in [0.15, 0.2) is 0 Å². The maximum Gasteiger partial charge on any atom is 0.216 e. The average molecular weight is 222 g/mol. The molecule has 0 aliphatic heterocycles. The SMILES string of the molecule is CC(C)(C)C[C@](C)(O)COC(=S)S. The molecule has 0 bridgehead atoms. The fourth-order valence-electron chi connectivity index (χ4n) is 1.41. The summed E-state index contributed by atoms with van der Waals surface area (Å²) in [6.45, 7) is 8.15. The van der Waals surface area contributed by atoms with Gasteiger partial charge in [0.05, 0.1) is 5.60 Å². The van der Waals surface area contributed by atoms with Gasteiger partial charge in [-0.1, -0.05) is 33.4 Å². The molecular formula is C9H18O2S2. The number of thiocarbonyl (C=S) groups is 1. The third-order valence-corrected chi connectivity index (χ3v) is 1.66. The first-order valence-electron chi connectivity index (χ1n) is 4.20. The normalized spacial score (nSPS) is 16.5. The van der Waals surface area contributed by atoms with E-state index in [1.807, 2.05) is 0 Å². The molecule has 0 radical (unpaired) electrons. The zero-order valence-corrected chi connectivity index (χ0v) is 10.3. The van der Waals surface area contributed by atoms with Gasteiger partial charge in [-0.2, -0.15) is 0 Å². The Labute approximate surface area is 91.1 Å². The van der Waals surface area contributed by atoms with Gasteiger partial charge in [-0.25, -0.2) is 0 Å². The van der Waals surface area contributed by atoms with Crippen molar-refractivity contribution in [2.24, 2.45) is 5.41 Å². The van der Waals surface area contributed by atoms with Crippen molar-refractivity contribution in [1.29, 1.82) is 0 Å². The molecule has 2 nitrogen and oxygen atoms in total. The molecule has 4 heteroatoms. The maximum absolute atomic E-state index is 9.88. The van der Waals surface area contributed by atoms with Gasteiger partial charge in [-0.05, 0) is 31.0 Å². The minimum atomic E-state index is -0.842. The van der Waals surface area contributed by atoms with Crippen molar-refractivity contribution in [3.63, 3.8) is 0 Å². The van der Waals surface area contributed by atoms with Crippen LogP contribution in [0.3, 0.4) is 0 Å². The van der Waals surface area contributed by atoms with Crippen LogP contribution in [0.25, 0.3) is 0 Å². The zero-order valence-electron chi connectivity index (χ0n) is 8.63. The van der Waals surface area contributed by atoms with Gasteiger partial charge in [-0.15, -0.1) is 0 Å². The summed E-state index contributed by atoms with van der Waals surface area (Å²) in [7, 11) is 0. The van der Waals surface area contributed by atoms with E-state index in [1.54, 1.807) is 6.92 Å². The number of hydrogen-bond acceptors (Lipinski definition) is 3. The van der Waals surface area contributed by atoms with E-state index in [2.05, 4.69) is 45.6 Å². The maximum atomic E-state index is 9.88. The van der Waals surface area contributed by atoms with Gasteiger partial charge in [0.1, 0.15) is 6.61 Å². The van der Waals surface area contributed by atoms with Crippen LogP contribution in [0.5, 0.6) is 0 Å². The quantitative estimate of drug-likeness (QED) is 0.567. The molecule has 0 rings (SSSR count). The highest BCUT2D eigenvalue weighted by atomic mass is 32.1. The van der Waals surface area contributed by atoms with Crippen LogP contribution < -0.4 is 0 Å². The van der Waals surface area contributed by atoms with Gasteiger partial charge in [0, 0.05) is 0 Å². The van der Waals surface area contributed by atoms with Crippen LogP contribution in [0.4, 0.5) is 0 Å². The minimum absolute atomic E-state index is 0.0745. The first-order chi connectivity index (χ1) is 5.62. The van der Waals surface area contributed by atoms with Gasteiger partial charge in [0.2, 0.25) is 4.38 Å². The molecule has 0 heterocycles. The van der Waals surface area contributed by atoms with Crippen molar-refractivity contribution in [3.05, 3.63) is 0 Å². The van der Waals surface area contributed by atoms with E-state index in [1.165, 1.54) is 0 Å². The summed E-state index contributed by atoms with van der Waals surface area (Å²) in [6.07, 6.45) is 0.663.